The third kappa shape index (κ3) is 5.60. The minimum Gasteiger partial charge on any atom is -0.350 e. The highest BCUT2D eigenvalue weighted by Crippen LogP contribution is 2.42. The van der Waals surface area contributed by atoms with Crippen molar-refractivity contribution in [3.63, 3.8) is 0 Å². The summed E-state index contributed by atoms with van der Waals surface area (Å²) in [5.41, 5.74) is 8.02. The van der Waals surface area contributed by atoms with Gasteiger partial charge in [0.25, 0.3) is 0 Å². The van der Waals surface area contributed by atoms with Crippen LogP contribution in [0.4, 0.5) is 8.78 Å². The van der Waals surface area contributed by atoms with Crippen molar-refractivity contribution in [3.8, 4) is 0 Å². The van der Waals surface area contributed by atoms with E-state index in [4.69, 9.17) is 0 Å². The minimum absolute atomic E-state index is 0.0233. The first kappa shape index (κ1) is 26.0. The molecule has 1 aliphatic carbocycles. The third-order valence-corrected chi connectivity index (χ3v) is 7.40. The van der Waals surface area contributed by atoms with Crippen LogP contribution in [0.15, 0.2) is 60.6 Å². The van der Waals surface area contributed by atoms with Crippen molar-refractivity contribution in [1.82, 2.24) is 31.1 Å². The number of alkyl halides is 1. The van der Waals surface area contributed by atoms with Gasteiger partial charge in [-0.05, 0) is 48.4 Å². The number of nitrogens with one attached hydrogen (secondary N) is 3. The molecule has 3 atom stereocenters. The van der Waals surface area contributed by atoms with Gasteiger partial charge >= 0.3 is 0 Å². The smallest absolute Gasteiger partial charge is 0.243 e. The van der Waals surface area contributed by atoms with E-state index in [1.807, 2.05) is 54.5 Å². The first-order valence-corrected chi connectivity index (χ1v) is 13.1. The molecule has 0 spiro atoms. The average Bonchev–Trinajstić information content (AvgIpc) is 3.49. The number of nitrogens with zero attached hydrogens (tertiary/aromatic N) is 3. The van der Waals surface area contributed by atoms with Crippen molar-refractivity contribution in [2.45, 2.75) is 50.4 Å². The number of hydrogen-bond acceptors (Lipinski definition) is 6. The second-order valence-corrected chi connectivity index (χ2v) is 10.2. The summed E-state index contributed by atoms with van der Waals surface area (Å²) in [6, 6.07) is 12.8. The SMILES string of the molecule is CCN1C=C(N(C)CC(=O)N2C[C@H](F)C[C@H]2C(=O)N[C@@H](c2ccccc2)c2ccc(C3CC3)c(F)c2)NN1. The normalized spacial score (nSPS) is 21.6. The van der Waals surface area contributed by atoms with Gasteiger partial charge < -0.3 is 15.1 Å². The van der Waals surface area contributed by atoms with Crippen molar-refractivity contribution in [2.24, 2.45) is 0 Å². The Labute approximate surface area is 221 Å². The minimum atomic E-state index is -1.30. The van der Waals surface area contributed by atoms with Crippen LogP contribution in [0.5, 0.6) is 0 Å². The largest absolute Gasteiger partial charge is 0.350 e. The molecule has 8 nitrogen and oxygen atoms in total. The van der Waals surface area contributed by atoms with E-state index in [0.29, 0.717) is 16.9 Å². The Bertz CT molecular complexity index is 1210. The number of hydrazine groups is 2. The quantitative estimate of drug-likeness (QED) is 0.468. The number of benzene rings is 2. The highest BCUT2D eigenvalue weighted by molar-refractivity contribution is 5.89. The number of hydrogen-bond donors (Lipinski definition) is 3. The molecule has 2 aromatic carbocycles. The van der Waals surface area contributed by atoms with E-state index < -0.39 is 24.2 Å². The van der Waals surface area contributed by atoms with Crippen LogP contribution in [0.1, 0.15) is 54.8 Å². The number of likely N-dealkylation sites (tertiary alicyclic amines) is 1. The molecule has 1 saturated heterocycles. The lowest BCUT2D eigenvalue weighted by Crippen LogP contribution is -2.49. The predicted molar refractivity (Wildman–Crippen MR) is 139 cm³/mol. The molecular weight excluding hydrogens is 490 g/mol. The van der Waals surface area contributed by atoms with Gasteiger partial charge in [-0.25, -0.2) is 8.78 Å². The van der Waals surface area contributed by atoms with E-state index in [1.165, 1.54) is 11.0 Å². The number of carbonyl (C=O) groups excluding carboxylic acids is 2. The molecule has 10 heteroatoms. The fourth-order valence-electron chi connectivity index (χ4n) is 5.08. The van der Waals surface area contributed by atoms with E-state index in [1.54, 1.807) is 18.0 Å². The summed E-state index contributed by atoms with van der Waals surface area (Å²) in [5.74, 6) is -0.128. The average molecular weight is 525 g/mol. The molecule has 1 saturated carbocycles. The van der Waals surface area contributed by atoms with Gasteiger partial charge in [0, 0.05) is 20.0 Å². The monoisotopic (exact) mass is 524 g/mol. The van der Waals surface area contributed by atoms with Gasteiger partial charge in [0.1, 0.15) is 23.9 Å². The molecule has 2 aromatic rings. The van der Waals surface area contributed by atoms with Crippen molar-refractivity contribution < 1.29 is 18.4 Å². The molecule has 2 heterocycles. The van der Waals surface area contributed by atoms with Crippen molar-refractivity contribution in [1.29, 1.82) is 0 Å². The lowest BCUT2D eigenvalue weighted by Gasteiger charge is -2.29. The Morgan fingerprint density at radius 3 is 2.58 bits per heavy atom. The van der Waals surface area contributed by atoms with Crippen molar-refractivity contribution >= 4 is 11.8 Å². The highest BCUT2D eigenvalue weighted by Gasteiger charge is 2.41. The summed E-state index contributed by atoms with van der Waals surface area (Å²) in [7, 11) is 1.75. The Hall–Kier alpha value is -3.66. The first-order valence-electron chi connectivity index (χ1n) is 13.1. The molecule has 3 N–H and O–H groups in total. The van der Waals surface area contributed by atoms with Crippen LogP contribution in [0, 0.1) is 5.82 Å². The molecule has 2 amide bonds. The summed E-state index contributed by atoms with van der Waals surface area (Å²) >= 11 is 0. The van der Waals surface area contributed by atoms with Crippen LogP contribution < -0.4 is 16.3 Å². The van der Waals surface area contributed by atoms with Crippen molar-refractivity contribution in [2.75, 3.05) is 26.7 Å². The van der Waals surface area contributed by atoms with Gasteiger partial charge in [-0.2, -0.15) is 0 Å². The van der Waals surface area contributed by atoms with Crippen molar-refractivity contribution in [3.05, 3.63) is 83.1 Å². The summed E-state index contributed by atoms with van der Waals surface area (Å²) in [5, 5.41) is 4.81. The van der Waals surface area contributed by atoms with Crippen LogP contribution >= 0.6 is 0 Å². The molecule has 2 aliphatic heterocycles. The Morgan fingerprint density at radius 1 is 1.16 bits per heavy atom. The van der Waals surface area contributed by atoms with Gasteiger partial charge in [0.05, 0.1) is 25.3 Å². The zero-order chi connectivity index (χ0) is 26.8. The maximum Gasteiger partial charge on any atom is 0.243 e. The number of amides is 2. The van der Waals surface area contributed by atoms with E-state index in [9.17, 15) is 18.4 Å². The molecule has 3 aliphatic rings. The molecule has 0 unspecified atom stereocenters. The topological polar surface area (TPSA) is 80.0 Å². The number of carbonyl (C=O) groups is 2. The fraction of sp³-hybridized carbons (Fsp3) is 0.429. The van der Waals surface area contributed by atoms with Gasteiger partial charge in [0.15, 0.2) is 0 Å². The molecule has 202 valence electrons. The Morgan fingerprint density at radius 2 is 1.92 bits per heavy atom. The summed E-state index contributed by atoms with van der Waals surface area (Å²) < 4.78 is 29.5. The van der Waals surface area contributed by atoms with Crippen LogP contribution in [-0.4, -0.2) is 65.5 Å². The maximum absolute atomic E-state index is 14.9. The third-order valence-electron chi connectivity index (χ3n) is 7.40. The number of halogens is 2. The number of likely N-dealkylation sites (N-methyl/N-ethyl adjacent to an activating group) is 1. The maximum atomic E-state index is 14.9. The van der Waals surface area contributed by atoms with Gasteiger partial charge in [-0.15, -0.1) is 5.53 Å². The lowest BCUT2D eigenvalue weighted by molar-refractivity contribution is -0.139. The van der Waals surface area contributed by atoms with Crippen LogP contribution in [0.3, 0.4) is 0 Å². The second kappa shape index (κ2) is 11.0. The molecule has 38 heavy (non-hydrogen) atoms. The molecule has 5 rings (SSSR count). The van der Waals surface area contributed by atoms with Crippen LogP contribution in [0.2, 0.25) is 0 Å². The van der Waals surface area contributed by atoms with E-state index in [-0.39, 0.29) is 37.2 Å². The van der Waals surface area contributed by atoms with Gasteiger partial charge in [-0.1, -0.05) is 42.5 Å². The first-order chi connectivity index (χ1) is 18.3. The number of rotatable bonds is 9. The molecule has 0 aromatic heterocycles. The predicted octanol–water partition coefficient (Wildman–Crippen LogP) is 2.92. The molecule has 0 radical (unpaired) electrons. The Kier molecular flexibility index (Phi) is 7.51. The van der Waals surface area contributed by atoms with E-state index in [2.05, 4.69) is 16.3 Å². The van der Waals surface area contributed by atoms with Crippen LogP contribution in [-0.2, 0) is 9.59 Å². The van der Waals surface area contributed by atoms with Gasteiger partial charge in [-0.3, -0.25) is 20.0 Å². The van der Waals surface area contributed by atoms with Crippen LogP contribution in [0.25, 0.3) is 0 Å². The molecular formula is C28H34F2N6O2. The summed E-state index contributed by atoms with van der Waals surface area (Å²) in [6.45, 7) is 2.54. The lowest BCUT2D eigenvalue weighted by atomic mass is 9.96. The highest BCUT2D eigenvalue weighted by atomic mass is 19.1. The zero-order valence-corrected chi connectivity index (χ0v) is 21.7. The summed E-state index contributed by atoms with van der Waals surface area (Å²) in [6.07, 6.45) is 2.43. The van der Waals surface area contributed by atoms with Gasteiger partial charge in [0.2, 0.25) is 11.8 Å². The Balaban J connectivity index is 1.33. The second-order valence-electron chi connectivity index (χ2n) is 10.2. The standard InChI is InChI=1S/C28H34F2N6O2/c1-3-35-16-25(32-33-35)34(2)17-26(37)36-15-21(29)14-24(36)28(38)31-27(19-7-5-4-6-8-19)20-11-12-22(18-9-10-18)23(30)13-20/h4-8,11-13,16,18,21,24,27,32-33H,3,9-10,14-15,17H2,1-2H3,(H,31,38)/t21-,24+,27+/m1/s1. The molecule has 0 bridgehead atoms. The fourth-order valence-corrected chi connectivity index (χ4v) is 5.08. The van der Waals surface area contributed by atoms with E-state index in [0.717, 1.165) is 24.9 Å². The summed E-state index contributed by atoms with van der Waals surface area (Å²) in [4.78, 5) is 29.8. The zero-order valence-electron chi connectivity index (χ0n) is 21.7. The van der Waals surface area contributed by atoms with E-state index >= 15 is 0 Å². The molecule has 2 fully saturated rings.